The van der Waals surface area contributed by atoms with Gasteiger partial charge in [-0.05, 0) is 61.9 Å². The van der Waals surface area contributed by atoms with E-state index in [0.29, 0.717) is 22.0 Å². The van der Waals surface area contributed by atoms with Gasteiger partial charge >= 0.3 is 0 Å². The fraction of sp³-hybridized carbons (Fsp3) is 0.158. The maximum Gasteiger partial charge on any atom is 0.267 e. The Morgan fingerprint density at radius 2 is 1.83 bits per heavy atom. The maximum absolute atomic E-state index is 12.6. The van der Waals surface area contributed by atoms with E-state index in [1.165, 1.54) is 19.2 Å². The van der Waals surface area contributed by atoms with Crippen molar-refractivity contribution in [3.8, 4) is 5.75 Å². The molecule has 0 aliphatic carbocycles. The third-order valence-electron chi connectivity index (χ3n) is 4.01. The van der Waals surface area contributed by atoms with Gasteiger partial charge in [-0.2, -0.15) is 0 Å². The topological polar surface area (TPSA) is 97.4 Å². The van der Waals surface area contributed by atoms with E-state index in [1.807, 2.05) is 19.1 Å². The molecule has 0 unspecified atom stereocenters. The van der Waals surface area contributed by atoms with Gasteiger partial charge in [0.05, 0.1) is 17.7 Å². The van der Waals surface area contributed by atoms with Gasteiger partial charge in [0.25, 0.3) is 15.9 Å². The van der Waals surface area contributed by atoms with Gasteiger partial charge in [0.2, 0.25) is 0 Å². The van der Waals surface area contributed by atoms with Gasteiger partial charge in [0, 0.05) is 10.2 Å². The Labute approximate surface area is 181 Å². The average molecular weight is 496 g/mol. The molecule has 29 heavy (non-hydrogen) atoms. The van der Waals surface area contributed by atoms with Crippen LogP contribution in [0.4, 0.5) is 10.8 Å². The first-order chi connectivity index (χ1) is 13.7. The number of benzene rings is 2. The third kappa shape index (κ3) is 4.95. The third-order valence-corrected chi connectivity index (χ3v) is 7.46. The van der Waals surface area contributed by atoms with E-state index in [1.54, 1.807) is 25.1 Å². The molecular weight excluding hydrogens is 478 g/mol. The highest BCUT2D eigenvalue weighted by molar-refractivity contribution is 9.10. The van der Waals surface area contributed by atoms with Crippen molar-refractivity contribution in [1.82, 2.24) is 4.98 Å². The molecule has 3 aromatic rings. The molecule has 0 radical (unpaired) electrons. The van der Waals surface area contributed by atoms with Gasteiger partial charge in [-0.1, -0.05) is 27.3 Å². The standard InChI is InChI=1S/C19H18BrN3O4S2/c1-11-10-13(4-9-16(11)20)22-18(24)17-12(2)21-19(28-17)23-29(25,26)15-7-5-14(27-3)6-8-15/h4-10H,1-3H3,(H,21,23)(H,22,24). The first kappa shape index (κ1) is 21.3. The maximum atomic E-state index is 12.6. The summed E-state index contributed by atoms with van der Waals surface area (Å²) in [4.78, 5) is 17.2. The molecule has 0 aliphatic heterocycles. The molecule has 3 rings (SSSR count). The molecule has 0 aliphatic rings. The summed E-state index contributed by atoms with van der Waals surface area (Å²) in [5, 5.41) is 2.93. The number of hydrogen-bond donors (Lipinski definition) is 2. The molecule has 1 heterocycles. The van der Waals surface area contributed by atoms with Crippen molar-refractivity contribution in [3.05, 3.63) is 63.1 Å². The van der Waals surface area contributed by atoms with E-state index in [2.05, 4.69) is 31.0 Å². The molecule has 0 atom stereocenters. The van der Waals surface area contributed by atoms with Gasteiger partial charge in [0.1, 0.15) is 10.6 Å². The Hall–Kier alpha value is -2.43. The predicted octanol–water partition coefficient (Wildman–Crippen LogP) is 4.58. The Morgan fingerprint density at radius 1 is 1.14 bits per heavy atom. The minimum Gasteiger partial charge on any atom is -0.497 e. The number of aryl methyl sites for hydroxylation is 2. The lowest BCUT2D eigenvalue weighted by Crippen LogP contribution is -2.12. The van der Waals surface area contributed by atoms with E-state index < -0.39 is 10.0 Å². The summed E-state index contributed by atoms with van der Waals surface area (Å²) in [6, 6.07) is 11.4. The van der Waals surface area contributed by atoms with Crippen LogP contribution in [0.15, 0.2) is 51.8 Å². The normalized spacial score (nSPS) is 11.2. The first-order valence-corrected chi connectivity index (χ1v) is 11.5. The smallest absolute Gasteiger partial charge is 0.267 e. The van der Waals surface area contributed by atoms with Gasteiger partial charge < -0.3 is 10.1 Å². The molecular formula is C19H18BrN3O4S2. The second-order valence-electron chi connectivity index (χ2n) is 6.13. The number of methoxy groups -OCH3 is 1. The summed E-state index contributed by atoms with van der Waals surface area (Å²) in [7, 11) is -2.33. The van der Waals surface area contributed by atoms with Crippen LogP contribution in [0.5, 0.6) is 5.75 Å². The van der Waals surface area contributed by atoms with Crippen LogP contribution in [0.25, 0.3) is 0 Å². The zero-order valence-corrected chi connectivity index (χ0v) is 19.0. The van der Waals surface area contributed by atoms with Crippen LogP contribution < -0.4 is 14.8 Å². The second kappa shape index (κ2) is 8.52. The minimum atomic E-state index is -3.83. The van der Waals surface area contributed by atoms with Gasteiger partial charge in [-0.3, -0.25) is 9.52 Å². The molecule has 152 valence electrons. The Bertz CT molecular complexity index is 1160. The van der Waals surface area contributed by atoms with Gasteiger partial charge in [-0.25, -0.2) is 13.4 Å². The minimum absolute atomic E-state index is 0.0718. The van der Waals surface area contributed by atoms with Crippen molar-refractivity contribution >= 4 is 54.0 Å². The van der Waals surface area contributed by atoms with E-state index in [4.69, 9.17) is 4.74 Å². The number of carbonyl (C=O) groups is 1. The molecule has 10 heteroatoms. The molecule has 2 aromatic carbocycles. The number of nitrogens with zero attached hydrogens (tertiary/aromatic N) is 1. The van der Waals surface area contributed by atoms with Crippen molar-refractivity contribution in [1.29, 1.82) is 0 Å². The number of rotatable bonds is 6. The highest BCUT2D eigenvalue weighted by atomic mass is 79.9. The molecule has 0 spiro atoms. The Balaban J connectivity index is 1.78. The van der Waals surface area contributed by atoms with Crippen LogP contribution >= 0.6 is 27.3 Å². The van der Waals surface area contributed by atoms with Crippen molar-refractivity contribution in [2.45, 2.75) is 18.7 Å². The number of nitrogens with one attached hydrogen (secondary N) is 2. The van der Waals surface area contributed by atoms with Gasteiger partial charge in [-0.15, -0.1) is 0 Å². The number of amides is 1. The van der Waals surface area contributed by atoms with Crippen LogP contribution in [0.3, 0.4) is 0 Å². The van der Waals surface area contributed by atoms with E-state index >= 15 is 0 Å². The summed E-state index contributed by atoms with van der Waals surface area (Å²) in [6.45, 7) is 3.58. The fourth-order valence-electron chi connectivity index (χ4n) is 2.49. The second-order valence-corrected chi connectivity index (χ2v) is 9.67. The first-order valence-electron chi connectivity index (χ1n) is 8.41. The van der Waals surface area contributed by atoms with Crippen LogP contribution in [0, 0.1) is 13.8 Å². The highest BCUT2D eigenvalue weighted by Gasteiger charge is 2.20. The molecule has 7 nitrogen and oxygen atoms in total. The molecule has 1 amide bonds. The van der Waals surface area contributed by atoms with Crippen molar-refractivity contribution in [2.75, 3.05) is 17.1 Å². The number of carbonyl (C=O) groups excluding carboxylic acids is 1. The Morgan fingerprint density at radius 3 is 2.45 bits per heavy atom. The van der Waals surface area contributed by atoms with E-state index in [-0.39, 0.29) is 15.9 Å². The Kier molecular flexibility index (Phi) is 6.25. The summed E-state index contributed by atoms with van der Waals surface area (Å²) >= 11 is 4.39. The number of thiazole rings is 1. The fourth-order valence-corrected chi connectivity index (χ4v) is 4.83. The van der Waals surface area contributed by atoms with Crippen molar-refractivity contribution in [3.63, 3.8) is 0 Å². The number of anilines is 2. The molecule has 0 bridgehead atoms. The number of aromatic nitrogens is 1. The zero-order chi connectivity index (χ0) is 21.2. The monoisotopic (exact) mass is 495 g/mol. The van der Waals surface area contributed by atoms with Crippen LogP contribution in [-0.4, -0.2) is 26.4 Å². The molecule has 1 aromatic heterocycles. The quantitative estimate of drug-likeness (QED) is 0.521. The summed E-state index contributed by atoms with van der Waals surface area (Å²) < 4.78 is 33.5. The highest BCUT2D eigenvalue weighted by Crippen LogP contribution is 2.27. The van der Waals surface area contributed by atoms with Crippen molar-refractivity contribution in [2.24, 2.45) is 0 Å². The summed E-state index contributed by atoms with van der Waals surface area (Å²) in [6.07, 6.45) is 0. The zero-order valence-electron chi connectivity index (χ0n) is 15.8. The number of halogens is 1. The summed E-state index contributed by atoms with van der Waals surface area (Å²) in [5.41, 5.74) is 2.06. The average Bonchev–Trinajstić information content (AvgIpc) is 3.04. The summed E-state index contributed by atoms with van der Waals surface area (Å²) in [5.74, 6) is 0.202. The molecule has 0 saturated carbocycles. The lowest BCUT2D eigenvalue weighted by Gasteiger charge is -2.06. The number of sulfonamides is 1. The van der Waals surface area contributed by atoms with E-state index in [0.717, 1.165) is 21.4 Å². The predicted molar refractivity (Wildman–Crippen MR) is 117 cm³/mol. The SMILES string of the molecule is COc1ccc(S(=O)(=O)Nc2nc(C)c(C(=O)Nc3ccc(Br)c(C)c3)s2)cc1. The molecule has 0 saturated heterocycles. The lowest BCUT2D eigenvalue weighted by atomic mass is 10.2. The molecule has 2 N–H and O–H groups in total. The van der Waals surface area contributed by atoms with Crippen LogP contribution in [0.1, 0.15) is 20.9 Å². The number of ether oxygens (including phenoxy) is 1. The largest absolute Gasteiger partial charge is 0.497 e. The van der Waals surface area contributed by atoms with Crippen LogP contribution in [0.2, 0.25) is 0 Å². The number of hydrogen-bond acceptors (Lipinski definition) is 6. The lowest BCUT2D eigenvalue weighted by molar-refractivity contribution is 0.103. The van der Waals surface area contributed by atoms with Crippen LogP contribution in [-0.2, 0) is 10.0 Å². The van der Waals surface area contributed by atoms with Crippen molar-refractivity contribution < 1.29 is 17.9 Å². The van der Waals surface area contributed by atoms with E-state index in [9.17, 15) is 13.2 Å². The van der Waals surface area contributed by atoms with Gasteiger partial charge in [0.15, 0.2) is 5.13 Å². The molecule has 0 fully saturated rings.